The van der Waals surface area contributed by atoms with E-state index in [0.29, 0.717) is 6.42 Å². The molecule has 0 saturated heterocycles. The molecule has 0 amide bonds. The van der Waals surface area contributed by atoms with Crippen molar-refractivity contribution >= 4 is 29.3 Å². The van der Waals surface area contributed by atoms with Crippen molar-refractivity contribution in [3.63, 3.8) is 0 Å². The quantitative estimate of drug-likeness (QED) is 0.452. The number of thiocyanates is 1. The number of nitrogens with zero attached hydrogens (tertiary/aromatic N) is 1. The Morgan fingerprint density at radius 2 is 2.18 bits per heavy atom. The van der Waals surface area contributed by atoms with Gasteiger partial charge in [-0.3, -0.25) is 4.79 Å². The first kappa shape index (κ1) is 13.9. The van der Waals surface area contributed by atoms with Gasteiger partial charge >= 0.3 is 5.97 Å². The first-order valence-electron chi connectivity index (χ1n) is 5.09. The number of halogens is 1. The van der Waals surface area contributed by atoms with Crippen molar-refractivity contribution in [2.75, 3.05) is 12.5 Å². The number of ether oxygens (including phenoxy) is 1. The van der Waals surface area contributed by atoms with Crippen molar-refractivity contribution in [1.29, 1.82) is 5.26 Å². The predicted molar refractivity (Wildman–Crippen MR) is 68.8 cm³/mol. The van der Waals surface area contributed by atoms with Gasteiger partial charge in [-0.25, -0.2) is 0 Å². The molecule has 0 aromatic heterocycles. The average Bonchev–Trinajstić information content (AvgIpc) is 2.36. The lowest BCUT2D eigenvalue weighted by Crippen LogP contribution is -2.23. The minimum Gasteiger partial charge on any atom is -0.464 e. The lowest BCUT2D eigenvalue weighted by atomic mass is 10.1. The third-order valence-electron chi connectivity index (χ3n) is 2.04. The van der Waals surface area contributed by atoms with Crippen molar-refractivity contribution in [3.05, 3.63) is 35.9 Å². The van der Waals surface area contributed by atoms with Crippen molar-refractivity contribution in [3.8, 4) is 5.40 Å². The number of nitriles is 1. The maximum absolute atomic E-state index is 11.6. The van der Waals surface area contributed by atoms with Crippen LogP contribution in [0.15, 0.2) is 30.3 Å². The fourth-order valence-electron chi connectivity index (χ4n) is 1.30. The van der Waals surface area contributed by atoms with Crippen LogP contribution < -0.4 is 0 Å². The first-order valence-corrected chi connectivity index (χ1v) is 6.50. The highest BCUT2D eigenvalue weighted by Crippen LogP contribution is 2.17. The van der Waals surface area contributed by atoms with E-state index in [1.807, 2.05) is 35.7 Å². The Labute approximate surface area is 110 Å². The van der Waals surface area contributed by atoms with E-state index in [1.54, 1.807) is 0 Å². The van der Waals surface area contributed by atoms with Gasteiger partial charge < -0.3 is 4.74 Å². The zero-order chi connectivity index (χ0) is 12.5. The summed E-state index contributed by atoms with van der Waals surface area (Å²) in [5, 5.41) is 10.1. The number of alkyl halides is 1. The summed E-state index contributed by atoms with van der Waals surface area (Å²) < 4.78 is 4.94. The Morgan fingerprint density at radius 3 is 2.76 bits per heavy atom. The molecule has 0 heterocycles. The van der Waals surface area contributed by atoms with E-state index in [9.17, 15) is 4.79 Å². The molecule has 0 bridgehead atoms. The smallest absolute Gasteiger partial charge is 0.320 e. The summed E-state index contributed by atoms with van der Waals surface area (Å²) in [6.45, 7) is 0.178. The summed E-state index contributed by atoms with van der Waals surface area (Å²) in [4.78, 5) is 11.6. The zero-order valence-corrected chi connectivity index (χ0v) is 10.7. The second-order valence-corrected chi connectivity index (χ2v) is 4.61. The van der Waals surface area contributed by atoms with Crippen molar-refractivity contribution in [2.24, 2.45) is 0 Å². The lowest BCUT2D eigenvalue weighted by molar-refractivity contribution is -0.142. The molecule has 0 radical (unpaired) electrons. The monoisotopic (exact) mass is 269 g/mol. The van der Waals surface area contributed by atoms with Gasteiger partial charge in [0.15, 0.2) is 0 Å². The normalized spacial score (nSPS) is 11.5. The van der Waals surface area contributed by atoms with Gasteiger partial charge in [0.25, 0.3) is 0 Å². The zero-order valence-electron chi connectivity index (χ0n) is 9.14. The van der Waals surface area contributed by atoms with E-state index < -0.39 is 5.25 Å². The molecule has 90 valence electrons. The van der Waals surface area contributed by atoms with Crippen LogP contribution in [0.3, 0.4) is 0 Å². The van der Waals surface area contributed by atoms with Crippen LogP contribution in [0.2, 0.25) is 0 Å². The lowest BCUT2D eigenvalue weighted by Gasteiger charge is -2.11. The van der Waals surface area contributed by atoms with Crippen LogP contribution in [0.25, 0.3) is 0 Å². The summed E-state index contributed by atoms with van der Waals surface area (Å²) in [7, 11) is 0. The van der Waals surface area contributed by atoms with Crippen LogP contribution in [0.1, 0.15) is 5.56 Å². The Hall–Kier alpha value is -1.18. The topological polar surface area (TPSA) is 50.1 Å². The molecule has 0 aliphatic rings. The van der Waals surface area contributed by atoms with Gasteiger partial charge in [0.2, 0.25) is 0 Å². The Bertz CT molecular complexity index is 391. The van der Waals surface area contributed by atoms with Gasteiger partial charge in [-0.2, -0.15) is 5.26 Å². The van der Waals surface area contributed by atoms with Crippen LogP contribution in [0, 0.1) is 10.7 Å². The molecular formula is C12H12ClNO2S. The van der Waals surface area contributed by atoms with Gasteiger partial charge in [0, 0.05) is 0 Å². The average molecular weight is 270 g/mol. The summed E-state index contributed by atoms with van der Waals surface area (Å²) in [5.74, 6) is -0.123. The maximum atomic E-state index is 11.6. The minimum absolute atomic E-state index is 0.178. The molecule has 0 fully saturated rings. The Balaban J connectivity index is 2.60. The number of hydrogen-bond donors (Lipinski definition) is 0. The van der Waals surface area contributed by atoms with Crippen molar-refractivity contribution in [1.82, 2.24) is 0 Å². The van der Waals surface area contributed by atoms with E-state index in [1.165, 1.54) is 0 Å². The predicted octanol–water partition coefficient (Wildman–Crippen LogP) is 2.59. The molecule has 1 aromatic rings. The maximum Gasteiger partial charge on any atom is 0.320 e. The van der Waals surface area contributed by atoms with E-state index in [0.717, 1.165) is 17.3 Å². The molecule has 0 saturated carbocycles. The molecule has 1 atom stereocenters. The van der Waals surface area contributed by atoms with Crippen LogP contribution in [0.5, 0.6) is 0 Å². The van der Waals surface area contributed by atoms with Gasteiger partial charge in [0.05, 0.1) is 5.88 Å². The molecule has 1 rings (SSSR count). The standard InChI is InChI=1S/C12H12ClNO2S/c13-6-7-16-12(15)11(17-9-14)8-10-4-2-1-3-5-10/h1-5,11H,6-8H2. The summed E-state index contributed by atoms with van der Waals surface area (Å²) in [5.41, 5.74) is 1.00. The second kappa shape index (κ2) is 7.99. The Kier molecular flexibility index (Phi) is 6.53. The highest BCUT2D eigenvalue weighted by Gasteiger charge is 2.21. The number of hydrogen-bond acceptors (Lipinski definition) is 4. The number of carbonyl (C=O) groups excluding carboxylic acids is 1. The minimum atomic E-state index is -0.495. The van der Waals surface area contributed by atoms with Crippen LogP contribution >= 0.6 is 23.4 Å². The fraction of sp³-hybridized carbons (Fsp3) is 0.333. The number of thioether (sulfide) groups is 1. The molecule has 5 heteroatoms. The molecular weight excluding hydrogens is 258 g/mol. The van der Waals surface area contributed by atoms with Gasteiger partial charge in [-0.05, 0) is 23.7 Å². The van der Waals surface area contributed by atoms with Gasteiger partial charge in [0.1, 0.15) is 17.3 Å². The molecule has 3 nitrogen and oxygen atoms in total. The molecule has 0 N–H and O–H groups in total. The third kappa shape index (κ3) is 5.12. The summed E-state index contributed by atoms with van der Waals surface area (Å²) >= 11 is 6.36. The Morgan fingerprint density at radius 1 is 1.47 bits per heavy atom. The van der Waals surface area contributed by atoms with E-state index in [-0.39, 0.29) is 18.5 Å². The number of esters is 1. The molecule has 17 heavy (non-hydrogen) atoms. The van der Waals surface area contributed by atoms with Crippen LogP contribution in [-0.4, -0.2) is 23.7 Å². The van der Waals surface area contributed by atoms with Crippen molar-refractivity contribution in [2.45, 2.75) is 11.7 Å². The molecule has 1 unspecified atom stereocenters. The van der Waals surface area contributed by atoms with Gasteiger partial charge in [-0.1, -0.05) is 30.3 Å². The van der Waals surface area contributed by atoms with E-state index in [4.69, 9.17) is 21.6 Å². The van der Waals surface area contributed by atoms with Crippen molar-refractivity contribution < 1.29 is 9.53 Å². The van der Waals surface area contributed by atoms with E-state index >= 15 is 0 Å². The highest BCUT2D eigenvalue weighted by atomic mass is 35.5. The SMILES string of the molecule is N#CSC(Cc1ccccc1)C(=O)OCCCl. The highest BCUT2D eigenvalue weighted by molar-refractivity contribution is 8.04. The second-order valence-electron chi connectivity index (χ2n) is 3.24. The largest absolute Gasteiger partial charge is 0.464 e. The molecule has 0 aliphatic heterocycles. The molecule has 0 aliphatic carbocycles. The third-order valence-corrected chi connectivity index (χ3v) is 2.95. The number of rotatable bonds is 6. The van der Waals surface area contributed by atoms with E-state index in [2.05, 4.69) is 0 Å². The first-order chi connectivity index (χ1) is 8.27. The summed E-state index contributed by atoms with van der Waals surface area (Å²) in [6.07, 6.45) is 0.486. The number of benzene rings is 1. The van der Waals surface area contributed by atoms with Gasteiger partial charge in [-0.15, -0.1) is 11.6 Å². The number of carbonyl (C=O) groups is 1. The molecule has 0 spiro atoms. The van der Waals surface area contributed by atoms with Crippen LogP contribution in [0.4, 0.5) is 0 Å². The fourth-order valence-corrected chi connectivity index (χ4v) is 1.94. The summed E-state index contributed by atoms with van der Waals surface area (Å²) in [6, 6.07) is 9.53. The van der Waals surface area contributed by atoms with Crippen LogP contribution in [-0.2, 0) is 16.0 Å². The molecule has 1 aromatic carbocycles.